The Labute approximate surface area is 191 Å². The number of amides is 1. The molecule has 0 saturated heterocycles. The summed E-state index contributed by atoms with van der Waals surface area (Å²) in [5, 5.41) is 7.50. The Morgan fingerprint density at radius 2 is 1.72 bits per heavy atom. The van der Waals surface area contributed by atoms with Crippen LogP contribution in [-0.2, 0) is 4.79 Å². The number of carbonyl (C=O) groups is 2. The molecule has 0 radical (unpaired) electrons. The Balaban J connectivity index is 1.55. The van der Waals surface area contributed by atoms with Crippen molar-refractivity contribution < 1.29 is 19.1 Å². The second kappa shape index (κ2) is 11.0. The number of aryl methyl sites for hydroxylation is 1. The van der Waals surface area contributed by atoms with E-state index in [2.05, 4.69) is 15.8 Å². The second-order valence-electron chi connectivity index (χ2n) is 6.82. The Kier molecular flexibility index (Phi) is 7.83. The maximum atomic E-state index is 12.3. The van der Waals surface area contributed by atoms with Crippen LogP contribution in [0.2, 0.25) is 5.02 Å². The van der Waals surface area contributed by atoms with Gasteiger partial charge in [-0.05, 0) is 67.1 Å². The Bertz CT molecular complexity index is 1110. The summed E-state index contributed by atoms with van der Waals surface area (Å²) in [6.45, 7) is 2.08. The number of hydrogen-bond acceptors (Lipinski definition) is 6. The minimum absolute atomic E-state index is 0.0866. The molecule has 0 saturated carbocycles. The number of nitrogens with zero attached hydrogens (tertiary/aromatic N) is 1. The van der Waals surface area contributed by atoms with Crippen LogP contribution in [0.25, 0.3) is 0 Å². The molecule has 0 aliphatic carbocycles. The molecule has 32 heavy (non-hydrogen) atoms. The lowest BCUT2D eigenvalue weighted by atomic mass is 10.2. The molecule has 0 unspecified atom stereocenters. The first-order chi connectivity index (χ1) is 15.4. The smallest absolute Gasteiger partial charge is 0.343 e. The Morgan fingerprint density at radius 3 is 2.41 bits per heavy atom. The number of rotatable bonds is 8. The van der Waals surface area contributed by atoms with Crippen LogP contribution in [0.5, 0.6) is 11.5 Å². The van der Waals surface area contributed by atoms with E-state index in [4.69, 9.17) is 21.1 Å². The van der Waals surface area contributed by atoms with Crippen molar-refractivity contribution in [1.29, 1.82) is 0 Å². The highest BCUT2D eigenvalue weighted by atomic mass is 35.5. The molecule has 3 rings (SSSR count). The van der Waals surface area contributed by atoms with Gasteiger partial charge in [0.15, 0.2) is 11.5 Å². The van der Waals surface area contributed by atoms with Crippen LogP contribution in [0.4, 0.5) is 5.69 Å². The van der Waals surface area contributed by atoms with Crippen molar-refractivity contribution >= 4 is 35.4 Å². The number of methoxy groups -OCH3 is 1. The van der Waals surface area contributed by atoms with E-state index < -0.39 is 5.97 Å². The summed E-state index contributed by atoms with van der Waals surface area (Å²) in [4.78, 5) is 24.3. The summed E-state index contributed by atoms with van der Waals surface area (Å²) < 4.78 is 10.7. The third-order valence-corrected chi connectivity index (χ3v) is 4.63. The monoisotopic (exact) mass is 451 g/mol. The predicted octanol–water partition coefficient (Wildman–Crippen LogP) is 4.44. The first-order valence-corrected chi connectivity index (χ1v) is 10.1. The lowest BCUT2D eigenvalue weighted by molar-refractivity contribution is -0.119. The second-order valence-corrected chi connectivity index (χ2v) is 7.26. The van der Waals surface area contributed by atoms with Gasteiger partial charge in [-0.25, -0.2) is 10.2 Å². The summed E-state index contributed by atoms with van der Waals surface area (Å²) in [5.41, 5.74) is 5.47. The summed E-state index contributed by atoms with van der Waals surface area (Å²) in [6, 6.07) is 19.0. The van der Waals surface area contributed by atoms with Gasteiger partial charge in [0.1, 0.15) is 0 Å². The average molecular weight is 452 g/mol. The molecule has 0 fully saturated rings. The lowest BCUT2D eigenvalue weighted by Crippen LogP contribution is -2.25. The van der Waals surface area contributed by atoms with Gasteiger partial charge >= 0.3 is 5.97 Å². The van der Waals surface area contributed by atoms with E-state index in [0.717, 1.165) is 11.3 Å². The number of anilines is 1. The van der Waals surface area contributed by atoms with Crippen LogP contribution in [-0.4, -0.2) is 31.7 Å². The van der Waals surface area contributed by atoms with Crippen LogP contribution >= 0.6 is 11.6 Å². The fourth-order valence-electron chi connectivity index (χ4n) is 2.67. The van der Waals surface area contributed by atoms with Gasteiger partial charge in [0.05, 0.1) is 25.4 Å². The number of esters is 1. The van der Waals surface area contributed by atoms with E-state index in [-0.39, 0.29) is 18.2 Å². The zero-order valence-corrected chi connectivity index (χ0v) is 18.3. The molecule has 0 spiro atoms. The molecule has 3 aromatic carbocycles. The van der Waals surface area contributed by atoms with Gasteiger partial charge in [-0.1, -0.05) is 29.3 Å². The number of ether oxygens (including phenoxy) is 2. The molecule has 8 heteroatoms. The molecule has 1 amide bonds. The highest BCUT2D eigenvalue weighted by Crippen LogP contribution is 2.28. The van der Waals surface area contributed by atoms with Crippen molar-refractivity contribution in [2.24, 2.45) is 5.10 Å². The van der Waals surface area contributed by atoms with E-state index in [1.54, 1.807) is 42.5 Å². The first kappa shape index (κ1) is 22.8. The fourth-order valence-corrected chi connectivity index (χ4v) is 2.79. The Morgan fingerprint density at radius 1 is 1.00 bits per heavy atom. The quantitative estimate of drug-likeness (QED) is 0.229. The number of nitrogens with one attached hydrogen (secondary N) is 2. The van der Waals surface area contributed by atoms with Crippen molar-refractivity contribution in [2.75, 3.05) is 19.0 Å². The number of hydrazone groups is 1. The van der Waals surface area contributed by atoms with E-state index in [0.29, 0.717) is 21.9 Å². The van der Waals surface area contributed by atoms with Gasteiger partial charge in [0.2, 0.25) is 0 Å². The van der Waals surface area contributed by atoms with Crippen molar-refractivity contribution in [2.45, 2.75) is 6.92 Å². The molecule has 0 bridgehead atoms. The van der Waals surface area contributed by atoms with Gasteiger partial charge in [0, 0.05) is 10.7 Å². The molecule has 0 aliphatic heterocycles. The van der Waals surface area contributed by atoms with Crippen LogP contribution in [0.15, 0.2) is 71.8 Å². The molecule has 0 aliphatic rings. The third-order valence-electron chi connectivity index (χ3n) is 4.38. The van der Waals surface area contributed by atoms with Gasteiger partial charge in [-0.3, -0.25) is 4.79 Å². The molecule has 7 nitrogen and oxygen atoms in total. The van der Waals surface area contributed by atoms with Crippen LogP contribution in [0, 0.1) is 6.92 Å². The largest absolute Gasteiger partial charge is 0.493 e. The predicted molar refractivity (Wildman–Crippen MR) is 125 cm³/mol. The van der Waals surface area contributed by atoms with Crippen LogP contribution in [0.1, 0.15) is 21.5 Å². The van der Waals surface area contributed by atoms with Gasteiger partial charge in [-0.2, -0.15) is 5.10 Å². The first-order valence-electron chi connectivity index (χ1n) is 9.73. The summed E-state index contributed by atoms with van der Waals surface area (Å²) >= 11 is 5.84. The molecule has 2 N–H and O–H groups in total. The summed E-state index contributed by atoms with van der Waals surface area (Å²) in [5.74, 6) is -0.211. The zero-order chi connectivity index (χ0) is 22.9. The molecule has 164 valence electrons. The van der Waals surface area contributed by atoms with E-state index in [1.807, 2.05) is 31.2 Å². The third kappa shape index (κ3) is 6.58. The van der Waals surface area contributed by atoms with Crippen molar-refractivity contribution in [3.05, 3.63) is 88.4 Å². The number of benzene rings is 3. The van der Waals surface area contributed by atoms with Crippen LogP contribution < -0.4 is 20.2 Å². The Hall–Kier alpha value is -3.84. The molecular weight excluding hydrogens is 430 g/mol. The van der Waals surface area contributed by atoms with E-state index in [9.17, 15) is 9.59 Å². The van der Waals surface area contributed by atoms with Gasteiger partial charge in [0.25, 0.3) is 5.91 Å². The minimum atomic E-state index is -0.533. The highest BCUT2D eigenvalue weighted by Gasteiger charge is 2.13. The highest BCUT2D eigenvalue weighted by molar-refractivity contribution is 6.30. The lowest BCUT2D eigenvalue weighted by Gasteiger charge is -2.10. The molecule has 3 aromatic rings. The number of halogens is 1. The fraction of sp³-hybridized carbons (Fsp3) is 0.125. The van der Waals surface area contributed by atoms with E-state index >= 15 is 0 Å². The normalized spacial score (nSPS) is 10.6. The number of hydrogen-bond donors (Lipinski definition) is 2. The summed E-state index contributed by atoms with van der Waals surface area (Å²) in [7, 11) is 1.47. The summed E-state index contributed by atoms with van der Waals surface area (Å²) in [6.07, 6.45) is 1.47. The van der Waals surface area contributed by atoms with Crippen molar-refractivity contribution in [1.82, 2.24) is 5.43 Å². The maximum Gasteiger partial charge on any atom is 0.343 e. The van der Waals surface area contributed by atoms with Gasteiger partial charge < -0.3 is 14.8 Å². The molecule has 0 heterocycles. The zero-order valence-electron chi connectivity index (χ0n) is 17.6. The average Bonchev–Trinajstić information content (AvgIpc) is 2.80. The molecule has 0 aromatic heterocycles. The van der Waals surface area contributed by atoms with Crippen LogP contribution in [0.3, 0.4) is 0 Å². The standard InChI is InChI=1S/C24H22ClN3O4/c1-16-3-10-20(11-4-16)26-15-23(29)28-27-14-17-5-12-21(22(13-17)31-2)32-24(30)18-6-8-19(25)9-7-18/h3-14,26H,15H2,1-2H3,(H,28,29). The SMILES string of the molecule is COc1cc(C=NNC(=O)CNc2ccc(C)cc2)ccc1OC(=O)c1ccc(Cl)cc1. The van der Waals surface area contributed by atoms with E-state index in [1.165, 1.54) is 13.3 Å². The van der Waals surface area contributed by atoms with Crippen molar-refractivity contribution in [3.8, 4) is 11.5 Å². The molecule has 0 atom stereocenters. The van der Waals surface area contributed by atoms with Crippen molar-refractivity contribution in [3.63, 3.8) is 0 Å². The topological polar surface area (TPSA) is 89.0 Å². The number of carbonyl (C=O) groups excluding carboxylic acids is 2. The molecular formula is C24H22ClN3O4. The minimum Gasteiger partial charge on any atom is -0.493 e. The van der Waals surface area contributed by atoms with Gasteiger partial charge in [-0.15, -0.1) is 0 Å². The maximum absolute atomic E-state index is 12.3.